The molecular weight excluding hydrogens is 414 g/mol. The molecule has 2 aromatic rings. The molecule has 0 saturated heterocycles. The molecule has 2 aromatic carbocycles. The molecule has 0 saturated carbocycles. The molecular formula is C23H31N3O4S. The van der Waals surface area contributed by atoms with Crippen molar-refractivity contribution in [3.8, 4) is 0 Å². The van der Waals surface area contributed by atoms with Gasteiger partial charge in [0.15, 0.2) is 0 Å². The van der Waals surface area contributed by atoms with Crippen molar-refractivity contribution >= 4 is 27.5 Å². The summed E-state index contributed by atoms with van der Waals surface area (Å²) in [4.78, 5) is 27.0. The fourth-order valence-corrected chi connectivity index (χ4v) is 4.31. The predicted molar refractivity (Wildman–Crippen MR) is 123 cm³/mol. The molecule has 0 fully saturated rings. The highest BCUT2D eigenvalue weighted by molar-refractivity contribution is 7.92. The van der Waals surface area contributed by atoms with Crippen molar-refractivity contribution in [1.82, 2.24) is 10.2 Å². The van der Waals surface area contributed by atoms with E-state index in [1.165, 1.54) is 11.9 Å². The van der Waals surface area contributed by atoms with Gasteiger partial charge in [0.1, 0.15) is 12.6 Å². The van der Waals surface area contributed by atoms with E-state index in [-0.39, 0.29) is 12.5 Å². The summed E-state index contributed by atoms with van der Waals surface area (Å²) in [6.07, 6.45) is 2.27. The molecule has 31 heavy (non-hydrogen) atoms. The van der Waals surface area contributed by atoms with E-state index in [0.717, 1.165) is 21.7 Å². The topological polar surface area (TPSA) is 86.8 Å². The van der Waals surface area contributed by atoms with Gasteiger partial charge in [0, 0.05) is 13.6 Å². The van der Waals surface area contributed by atoms with E-state index in [2.05, 4.69) is 5.32 Å². The monoisotopic (exact) mass is 445 g/mol. The number of aryl methyl sites for hydroxylation is 1. The van der Waals surface area contributed by atoms with Crippen LogP contribution in [-0.2, 0) is 32.5 Å². The quantitative estimate of drug-likeness (QED) is 0.608. The molecule has 1 atom stereocenters. The summed E-state index contributed by atoms with van der Waals surface area (Å²) in [5.74, 6) is -0.732. The minimum atomic E-state index is -3.71. The van der Waals surface area contributed by atoms with E-state index in [9.17, 15) is 18.0 Å². The summed E-state index contributed by atoms with van der Waals surface area (Å²) in [7, 11) is -2.20. The van der Waals surface area contributed by atoms with Crippen LogP contribution in [0.5, 0.6) is 0 Å². The second kappa shape index (κ2) is 10.9. The van der Waals surface area contributed by atoms with Crippen molar-refractivity contribution in [3.63, 3.8) is 0 Å². The molecule has 168 valence electrons. The number of rotatable bonds is 10. The number of benzene rings is 2. The van der Waals surface area contributed by atoms with Crippen LogP contribution >= 0.6 is 0 Å². The lowest BCUT2D eigenvalue weighted by Gasteiger charge is -2.31. The van der Waals surface area contributed by atoms with Crippen LogP contribution in [0.1, 0.15) is 25.0 Å². The van der Waals surface area contributed by atoms with Gasteiger partial charge in [-0.05, 0) is 37.0 Å². The fourth-order valence-electron chi connectivity index (χ4n) is 3.43. The first kappa shape index (κ1) is 24.4. The van der Waals surface area contributed by atoms with Crippen molar-refractivity contribution in [2.75, 3.05) is 30.7 Å². The zero-order valence-electron chi connectivity index (χ0n) is 18.5. The molecule has 0 unspecified atom stereocenters. The highest BCUT2D eigenvalue weighted by Gasteiger charge is 2.29. The van der Waals surface area contributed by atoms with Gasteiger partial charge < -0.3 is 10.2 Å². The molecule has 0 radical (unpaired) electrons. The maximum absolute atomic E-state index is 13.3. The molecule has 2 amide bonds. The Morgan fingerprint density at radius 3 is 2.23 bits per heavy atom. The predicted octanol–water partition coefficient (Wildman–Crippen LogP) is 2.22. The molecule has 1 N–H and O–H groups in total. The average Bonchev–Trinajstić information content (AvgIpc) is 2.76. The zero-order valence-corrected chi connectivity index (χ0v) is 19.4. The highest BCUT2D eigenvalue weighted by atomic mass is 32.2. The van der Waals surface area contributed by atoms with Crippen LogP contribution in [0, 0.1) is 0 Å². The second-order valence-corrected chi connectivity index (χ2v) is 9.27. The van der Waals surface area contributed by atoms with Crippen molar-refractivity contribution in [2.45, 2.75) is 32.7 Å². The number of carbonyl (C=O) groups is 2. The van der Waals surface area contributed by atoms with Gasteiger partial charge in [-0.15, -0.1) is 0 Å². The summed E-state index contributed by atoms with van der Waals surface area (Å²) < 4.78 is 26.3. The minimum absolute atomic E-state index is 0.296. The van der Waals surface area contributed by atoms with Gasteiger partial charge >= 0.3 is 0 Å². The van der Waals surface area contributed by atoms with Crippen molar-refractivity contribution in [2.24, 2.45) is 0 Å². The van der Waals surface area contributed by atoms with E-state index < -0.39 is 22.0 Å². The Bertz CT molecular complexity index is 993. The van der Waals surface area contributed by atoms with Gasteiger partial charge in [0.2, 0.25) is 21.8 Å². The van der Waals surface area contributed by atoms with Crippen LogP contribution < -0.4 is 9.62 Å². The van der Waals surface area contributed by atoms with Gasteiger partial charge in [-0.2, -0.15) is 0 Å². The van der Waals surface area contributed by atoms with Gasteiger partial charge in [0.25, 0.3) is 0 Å². The first-order valence-electron chi connectivity index (χ1n) is 10.3. The number of para-hydroxylation sites is 1. The number of carbonyl (C=O) groups excluding carboxylic acids is 2. The maximum Gasteiger partial charge on any atom is 0.244 e. The van der Waals surface area contributed by atoms with Gasteiger partial charge in [0.05, 0.1) is 11.9 Å². The highest BCUT2D eigenvalue weighted by Crippen LogP contribution is 2.23. The van der Waals surface area contributed by atoms with E-state index in [0.29, 0.717) is 25.1 Å². The van der Waals surface area contributed by atoms with Crippen molar-refractivity contribution in [3.05, 3.63) is 65.7 Å². The first-order valence-corrected chi connectivity index (χ1v) is 12.1. The summed E-state index contributed by atoms with van der Waals surface area (Å²) in [5.41, 5.74) is 2.34. The lowest BCUT2D eigenvalue weighted by molar-refractivity contribution is -0.138. The standard InChI is InChI=1S/C23H31N3O4S/c1-5-20-13-9-10-14-21(20)26(31(4,29)30)17-22(27)25(18(2)23(28)24-3)16-15-19-11-7-6-8-12-19/h6-14,18H,5,15-17H2,1-4H3,(H,24,28)/t18-/m0/s1. The van der Waals surface area contributed by atoms with E-state index >= 15 is 0 Å². The summed E-state index contributed by atoms with van der Waals surface area (Å²) in [6.45, 7) is 3.50. The molecule has 2 rings (SSSR count). The molecule has 0 aliphatic carbocycles. The van der Waals surface area contributed by atoms with Crippen LogP contribution in [0.2, 0.25) is 0 Å². The Morgan fingerprint density at radius 1 is 1.03 bits per heavy atom. The number of nitrogens with zero attached hydrogens (tertiary/aromatic N) is 2. The number of amides is 2. The Hall–Kier alpha value is -2.87. The van der Waals surface area contributed by atoms with Crippen molar-refractivity contribution < 1.29 is 18.0 Å². The number of hydrogen-bond acceptors (Lipinski definition) is 4. The summed E-state index contributed by atoms with van der Waals surface area (Å²) in [5, 5.41) is 2.57. The number of anilines is 1. The number of sulfonamides is 1. The summed E-state index contributed by atoms with van der Waals surface area (Å²) >= 11 is 0. The van der Waals surface area contributed by atoms with E-state index in [4.69, 9.17) is 0 Å². The van der Waals surface area contributed by atoms with Gasteiger partial charge in [-0.3, -0.25) is 13.9 Å². The Kier molecular flexibility index (Phi) is 8.62. The van der Waals surface area contributed by atoms with Crippen molar-refractivity contribution in [1.29, 1.82) is 0 Å². The van der Waals surface area contributed by atoms with Crippen LogP contribution in [0.4, 0.5) is 5.69 Å². The second-order valence-electron chi connectivity index (χ2n) is 7.36. The largest absolute Gasteiger partial charge is 0.357 e. The van der Waals surface area contributed by atoms with Gasteiger partial charge in [-0.1, -0.05) is 55.5 Å². The number of hydrogen-bond donors (Lipinski definition) is 1. The molecule has 0 aromatic heterocycles. The third-order valence-electron chi connectivity index (χ3n) is 5.22. The molecule has 7 nitrogen and oxygen atoms in total. The normalized spacial score (nSPS) is 12.1. The zero-order chi connectivity index (χ0) is 23.0. The van der Waals surface area contributed by atoms with E-state index in [1.54, 1.807) is 19.1 Å². The number of nitrogens with one attached hydrogen (secondary N) is 1. The third kappa shape index (κ3) is 6.55. The third-order valence-corrected chi connectivity index (χ3v) is 6.34. The molecule has 0 heterocycles. The summed E-state index contributed by atoms with van der Waals surface area (Å²) in [6, 6.07) is 16.0. The number of likely N-dealkylation sites (N-methyl/N-ethyl adjacent to an activating group) is 1. The molecule has 0 bridgehead atoms. The van der Waals surface area contributed by atoms with Gasteiger partial charge in [-0.25, -0.2) is 8.42 Å². The fraction of sp³-hybridized carbons (Fsp3) is 0.391. The molecule has 0 aliphatic heterocycles. The lowest BCUT2D eigenvalue weighted by atomic mass is 10.1. The lowest BCUT2D eigenvalue weighted by Crippen LogP contribution is -2.51. The van der Waals surface area contributed by atoms with E-state index in [1.807, 2.05) is 49.4 Å². The minimum Gasteiger partial charge on any atom is -0.357 e. The first-order chi connectivity index (χ1) is 14.7. The molecule has 0 spiro atoms. The Morgan fingerprint density at radius 2 is 1.65 bits per heavy atom. The average molecular weight is 446 g/mol. The smallest absolute Gasteiger partial charge is 0.244 e. The maximum atomic E-state index is 13.3. The SMILES string of the molecule is CCc1ccccc1N(CC(=O)N(CCc1ccccc1)[C@@H](C)C(=O)NC)S(C)(=O)=O. The van der Waals surface area contributed by atoms with Crippen LogP contribution in [0.15, 0.2) is 54.6 Å². The molecule has 8 heteroatoms. The van der Waals surface area contributed by atoms with Crippen LogP contribution in [-0.4, -0.2) is 57.6 Å². The molecule has 0 aliphatic rings. The Labute approximate surface area is 185 Å². The van der Waals surface area contributed by atoms with Crippen LogP contribution in [0.25, 0.3) is 0 Å². The van der Waals surface area contributed by atoms with Crippen LogP contribution in [0.3, 0.4) is 0 Å². The Balaban J connectivity index is 2.33.